The van der Waals surface area contributed by atoms with Crippen LogP contribution in [0.25, 0.3) is 0 Å². The summed E-state index contributed by atoms with van der Waals surface area (Å²) in [5.41, 5.74) is 1.09. The zero-order valence-corrected chi connectivity index (χ0v) is 9.97. The summed E-state index contributed by atoms with van der Waals surface area (Å²) in [7, 11) is 1.89. The van der Waals surface area contributed by atoms with Crippen molar-refractivity contribution in [2.45, 2.75) is 38.4 Å². The van der Waals surface area contributed by atoms with Crippen LogP contribution in [0, 0.1) is 5.92 Å². The lowest BCUT2D eigenvalue weighted by Crippen LogP contribution is -2.29. The van der Waals surface area contributed by atoms with Gasteiger partial charge in [-0.3, -0.25) is 4.68 Å². The van der Waals surface area contributed by atoms with Crippen LogP contribution in [0.4, 0.5) is 0 Å². The molecule has 2 rings (SSSR count). The van der Waals surface area contributed by atoms with Crippen LogP contribution in [-0.2, 0) is 18.2 Å². The third-order valence-corrected chi connectivity index (χ3v) is 3.36. The van der Waals surface area contributed by atoms with E-state index in [2.05, 4.69) is 12.0 Å². The van der Waals surface area contributed by atoms with Crippen LogP contribution in [0.2, 0.25) is 0 Å². The van der Waals surface area contributed by atoms with Crippen LogP contribution in [-0.4, -0.2) is 33.7 Å². The minimum absolute atomic E-state index is 0.228. The molecular weight excluding hydrogens is 204 g/mol. The molecule has 16 heavy (non-hydrogen) atoms. The summed E-state index contributed by atoms with van der Waals surface area (Å²) < 4.78 is 7.37. The van der Waals surface area contributed by atoms with Gasteiger partial charge < -0.3 is 9.84 Å². The van der Waals surface area contributed by atoms with Crippen molar-refractivity contribution in [2.24, 2.45) is 13.0 Å². The first-order valence-electron chi connectivity index (χ1n) is 5.98. The second kappa shape index (κ2) is 4.97. The molecule has 0 bridgehead atoms. The molecule has 90 valence electrons. The van der Waals surface area contributed by atoms with Crippen LogP contribution in [0.15, 0.2) is 12.4 Å². The number of nitrogens with zero attached hydrogens (tertiary/aromatic N) is 2. The Bertz CT molecular complexity index is 338. The second-order valence-electron chi connectivity index (χ2n) is 4.56. The lowest BCUT2D eigenvalue weighted by molar-refractivity contribution is 0.0318. The summed E-state index contributed by atoms with van der Waals surface area (Å²) in [4.78, 5) is 0. The molecule has 0 amide bonds. The lowest BCUT2D eigenvalue weighted by atomic mass is 9.90. The number of hydrogen-bond acceptors (Lipinski definition) is 3. The second-order valence-corrected chi connectivity index (χ2v) is 4.56. The maximum atomic E-state index is 10.2. The molecule has 0 spiro atoms. The van der Waals surface area contributed by atoms with Gasteiger partial charge in [-0.15, -0.1) is 0 Å². The molecule has 4 heteroatoms. The molecule has 3 atom stereocenters. The first kappa shape index (κ1) is 11.6. The molecule has 1 saturated heterocycles. The Morgan fingerprint density at radius 1 is 1.69 bits per heavy atom. The van der Waals surface area contributed by atoms with Gasteiger partial charge in [0, 0.05) is 32.2 Å². The van der Waals surface area contributed by atoms with E-state index >= 15 is 0 Å². The molecule has 1 aromatic heterocycles. The maximum absolute atomic E-state index is 10.2. The Hall–Kier alpha value is -0.870. The quantitative estimate of drug-likeness (QED) is 0.834. The third kappa shape index (κ3) is 2.44. The van der Waals surface area contributed by atoms with Gasteiger partial charge in [-0.25, -0.2) is 0 Å². The number of aliphatic hydroxyl groups excluding tert-OH is 1. The van der Waals surface area contributed by atoms with Crippen molar-refractivity contribution in [1.82, 2.24) is 9.78 Å². The van der Waals surface area contributed by atoms with Crippen molar-refractivity contribution < 1.29 is 9.84 Å². The van der Waals surface area contributed by atoms with E-state index in [1.807, 2.05) is 19.4 Å². The molecule has 4 nitrogen and oxygen atoms in total. The Labute approximate surface area is 96.2 Å². The number of aryl methyl sites for hydroxylation is 1. The molecule has 0 aliphatic carbocycles. The monoisotopic (exact) mass is 224 g/mol. The van der Waals surface area contributed by atoms with Crippen molar-refractivity contribution in [3.8, 4) is 0 Å². The fourth-order valence-electron chi connectivity index (χ4n) is 2.50. The highest BCUT2D eigenvalue weighted by Gasteiger charge is 2.32. The smallest absolute Gasteiger partial charge is 0.0635 e. The highest BCUT2D eigenvalue weighted by Crippen LogP contribution is 2.27. The van der Waals surface area contributed by atoms with E-state index in [0.29, 0.717) is 6.42 Å². The Morgan fingerprint density at radius 2 is 2.50 bits per heavy atom. The first-order valence-corrected chi connectivity index (χ1v) is 5.98. The van der Waals surface area contributed by atoms with Crippen molar-refractivity contribution in [3.63, 3.8) is 0 Å². The van der Waals surface area contributed by atoms with Gasteiger partial charge in [0.05, 0.1) is 18.4 Å². The molecule has 1 aromatic rings. The van der Waals surface area contributed by atoms with E-state index in [-0.39, 0.29) is 18.1 Å². The summed E-state index contributed by atoms with van der Waals surface area (Å²) in [6, 6.07) is 0. The summed E-state index contributed by atoms with van der Waals surface area (Å²) in [6.45, 7) is 2.90. The average molecular weight is 224 g/mol. The SMILES string of the molecule is CCC1OCCC1C(O)Cc1cnn(C)c1. The number of aromatic nitrogens is 2. The number of hydrogen-bond donors (Lipinski definition) is 1. The topological polar surface area (TPSA) is 47.3 Å². The van der Waals surface area contributed by atoms with Crippen molar-refractivity contribution >= 4 is 0 Å². The molecule has 1 aliphatic heterocycles. The van der Waals surface area contributed by atoms with E-state index in [9.17, 15) is 5.11 Å². The summed E-state index contributed by atoms with van der Waals surface area (Å²) in [5, 5.41) is 14.3. The first-order chi connectivity index (χ1) is 7.70. The van der Waals surface area contributed by atoms with Crippen LogP contribution >= 0.6 is 0 Å². The zero-order chi connectivity index (χ0) is 11.5. The minimum Gasteiger partial charge on any atom is -0.392 e. The Morgan fingerprint density at radius 3 is 3.12 bits per heavy atom. The van der Waals surface area contributed by atoms with Crippen molar-refractivity contribution in [1.29, 1.82) is 0 Å². The van der Waals surface area contributed by atoms with Gasteiger partial charge in [-0.2, -0.15) is 5.10 Å². The van der Waals surface area contributed by atoms with Crippen LogP contribution in [0.5, 0.6) is 0 Å². The zero-order valence-electron chi connectivity index (χ0n) is 9.97. The molecule has 1 aliphatic rings. The minimum atomic E-state index is -0.309. The predicted octanol–water partition coefficient (Wildman–Crippen LogP) is 1.14. The highest BCUT2D eigenvalue weighted by molar-refractivity contribution is 5.06. The molecule has 1 fully saturated rings. The van der Waals surface area contributed by atoms with Crippen molar-refractivity contribution in [2.75, 3.05) is 6.61 Å². The van der Waals surface area contributed by atoms with Gasteiger partial charge in [0.2, 0.25) is 0 Å². The van der Waals surface area contributed by atoms with Gasteiger partial charge in [-0.05, 0) is 18.4 Å². The molecule has 0 aromatic carbocycles. The summed E-state index contributed by atoms with van der Waals surface area (Å²) in [6.07, 6.45) is 6.33. The predicted molar refractivity (Wildman–Crippen MR) is 61.1 cm³/mol. The van der Waals surface area contributed by atoms with Crippen LogP contribution in [0.3, 0.4) is 0 Å². The highest BCUT2D eigenvalue weighted by atomic mass is 16.5. The van der Waals surface area contributed by atoms with Gasteiger partial charge >= 0.3 is 0 Å². The summed E-state index contributed by atoms with van der Waals surface area (Å²) >= 11 is 0. The Balaban J connectivity index is 1.94. The van der Waals surface area contributed by atoms with Gasteiger partial charge in [0.25, 0.3) is 0 Å². The normalized spacial score (nSPS) is 27.2. The van der Waals surface area contributed by atoms with Gasteiger partial charge in [-0.1, -0.05) is 6.92 Å². The Kier molecular flexibility index (Phi) is 3.61. The molecule has 1 N–H and O–H groups in total. The molecule has 0 saturated carbocycles. The molecule has 3 unspecified atom stereocenters. The molecular formula is C12H20N2O2. The standard InChI is InChI=1S/C12H20N2O2/c1-3-12-10(4-5-16-12)11(15)6-9-7-13-14(2)8-9/h7-8,10-12,15H,3-6H2,1-2H3. The van der Waals surface area contributed by atoms with E-state index in [1.165, 1.54) is 0 Å². The number of aliphatic hydroxyl groups is 1. The third-order valence-electron chi connectivity index (χ3n) is 3.36. The van der Waals surface area contributed by atoms with Crippen LogP contribution in [0.1, 0.15) is 25.3 Å². The number of rotatable bonds is 4. The van der Waals surface area contributed by atoms with Gasteiger partial charge in [0.15, 0.2) is 0 Å². The lowest BCUT2D eigenvalue weighted by Gasteiger charge is -2.22. The van der Waals surface area contributed by atoms with Crippen molar-refractivity contribution in [3.05, 3.63) is 18.0 Å². The number of ether oxygens (including phenoxy) is 1. The van der Waals surface area contributed by atoms with Crippen LogP contribution < -0.4 is 0 Å². The maximum Gasteiger partial charge on any atom is 0.0635 e. The van der Waals surface area contributed by atoms with E-state index < -0.39 is 0 Å². The van der Waals surface area contributed by atoms with E-state index in [4.69, 9.17) is 4.74 Å². The van der Waals surface area contributed by atoms with Gasteiger partial charge in [0.1, 0.15) is 0 Å². The largest absolute Gasteiger partial charge is 0.392 e. The average Bonchev–Trinajstić information content (AvgIpc) is 2.86. The van der Waals surface area contributed by atoms with E-state index in [1.54, 1.807) is 4.68 Å². The van der Waals surface area contributed by atoms with E-state index in [0.717, 1.165) is 25.0 Å². The summed E-state index contributed by atoms with van der Waals surface area (Å²) in [5.74, 6) is 0.283. The fourth-order valence-corrected chi connectivity index (χ4v) is 2.50. The molecule has 0 radical (unpaired) electrons. The fraction of sp³-hybridized carbons (Fsp3) is 0.750. The molecule has 2 heterocycles.